The van der Waals surface area contributed by atoms with Gasteiger partial charge >= 0.3 is 0 Å². The molecule has 1 aromatic carbocycles. The average Bonchev–Trinajstić information content (AvgIpc) is 2.29. The first-order valence-electron chi connectivity index (χ1n) is 5.87. The van der Waals surface area contributed by atoms with Gasteiger partial charge in [0.2, 0.25) is 0 Å². The van der Waals surface area contributed by atoms with Crippen LogP contribution in [0.25, 0.3) is 0 Å². The van der Waals surface area contributed by atoms with Crippen molar-refractivity contribution in [1.82, 2.24) is 0 Å². The van der Waals surface area contributed by atoms with E-state index >= 15 is 0 Å². The Labute approximate surface area is 94.0 Å². The van der Waals surface area contributed by atoms with Crippen molar-refractivity contribution in [2.45, 2.75) is 39.5 Å². The van der Waals surface area contributed by atoms with Crippen molar-refractivity contribution in [2.24, 2.45) is 5.92 Å². The highest BCUT2D eigenvalue weighted by atomic mass is 14.2. The van der Waals surface area contributed by atoms with Crippen molar-refractivity contribution in [2.75, 3.05) is 0 Å². The Kier molecular flexibility index (Phi) is 4.61. The smallest absolute Gasteiger partial charge is 0.0185 e. The third kappa shape index (κ3) is 3.54. The second-order valence-corrected chi connectivity index (χ2v) is 4.46. The summed E-state index contributed by atoms with van der Waals surface area (Å²) in [5, 5.41) is 0. The molecule has 0 aliphatic heterocycles. The van der Waals surface area contributed by atoms with Gasteiger partial charge < -0.3 is 0 Å². The maximum absolute atomic E-state index is 4.12. The number of benzene rings is 1. The molecule has 0 heterocycles. The fourth-order valence-corrected chi connectivity index (χ4v) is 1.96. The van der Waals surface area contributed by atoms with Gasteiger partial charge in [0.15, 0.2) is 0 Å². The van der Waals surface area contributed by atoms with Gasteiger partial charge in [-0.3, -0.25) is 0 Å². The van der Waals surface area contributed by atoms with Gasteiger partial charge in [-0.2, -0.15) is 0 Å². The van der Waals surface area contributed by atoms with Crippen LogP contribution >= 0.6 is 0 Å². The molecule has 0 amide bonds. The van der Waals surface area contributed by atoms with Crippen LogP contribution in [0.3, 0.4) is 0 Å². The van der Waals surface area contributed by atoms with Crippen molar-refractivity contribution >= 4 is 0 Å². The van der Waals surface area contributed by atoms with Crippen molar-refractivity contribution < 1.29 is 0 Å². The lowest BCUT2D eigenvalue weighted by atomic mass is 9.87. The van der Waals surface area contributed by atoms with Crippen LogP contribution in [0.1, 0.15) is 45.1 Å². The summed E-state index contributed by atoms with van der Waals surface area (Å²) in [7, 11) is 0. The molecule has 0 nitrogen and oxygen atoms in total. The van der Waals surface area contributed by atoms with Crippen molar-refractivity contribution in [3.8, 4) is 0 Å². The largest absolute Gasteiger partial charge is 0.0996 e. The molecule has 0 N–H and O–H groups in total. The van der Waals surface area contributed by atoms with Crippen molar-refractivity contribution in [3.05, 3.63) is 48.0 Å². The van der Waals surface area contributed by atoms with E-state index in [9.17, 15) is 0 Å². The number of allylic oxidation sites excluding steroid dienone is 1. The Morgan fingerprint density at radius 3 is 2.33 bits per heavy atom. The highest BCUT2D eigenvalue weighted by molar-refractivity contribution is 5.19. The molecule has 0 aromatic heterocycles. The van der Waals surface area contributed by atoms with E-state index in [4.69, 9.17) is 0 Å². The Bertz CT molecular complexity index is 297. The molecule has 1 rings (SSSR count). The summed E-state index contributed by atoms with van der Waals surface area (Å²) >= 11 is 0. The molecule has 0 aliphatic carbocycles. The van der Waals surface area contributed by atoms with Gasteiger partial charge in [-0.1, -0.05) is 63.3 Å². The molecule has 0 spiro atoms. The van der Waals surface area contributed by atoms with Gasteiger partial charge in [-0.05, 0) is 30.2 Å². The van der Waals surface area contributed by atoms with Crippen LogP contribution in [0.5, 0.6) is 0 Å². The topological polar surface area (TPSA) is 0 Å². The highest BCUT2D eigenvalue weighted by Gasteiger charge is 2.11. The maximum Gasteiger partial charge on any atom is -0.0185 e. The van der Waals surface area contributed by atoms with Crippen LogP contribution in [0.15, 0.2) is 42.5 Å². The minimum atomic E-state index is 0.629. The first kappa shape index (κ1) is 12.0. The lowest BCUT2D eigenvalue weighted by Crippen LogP contribution is -2.03. The zero-order valence-corrected chi connectivity index (χ0v) is 10.2. The van der Waals surface area contributed by atoms with E-state index in [-0.39, 0.29) is 0 Å². The van der Waals surface area contributed by atoms with Crippen LogP contribution in [-0.2, 0) is 0 Å². The minimum Gasteiger partial charge on any atom is -0.0996 e. The summed E-state index contributed by atoms with van der Waals surface area (Å²) < 4.78 is 0. The SMILES string of the molecule is C=C(CC)C(C)CC(C)c1ccccc1. The molecule has 0 saturated carbocycles. The first-order valence-corrected chi connectivity index (χ1v) is 5.87. The second kappa shape index (κ2) is 5.75. The molecule has 0 aliphatic rings. The monoisotopic (exact) mass is 202 g/mol. The number of rotatable bonds is 5. The molecule has 2 atom stereocenters. The quantitative estimate of drug-likeness (QED) is 0.603. The molecule has 0 saturated heterocycles. The van der Waals surface area contributed by atoms with Crippen LogP contribution in [0, 0.1) is 5.92 Å². The molecule has 0 radical (unpaired) electrons. The fourth-order valence-electron chi connectivity index (χ4n) is 1.96. The predicted molar refractivity (Wildman–Crippen MR) is 68.1 cm³/mol. The first-order chi connectivity index (χ1) is 7.15. The third-order valence-corrected chi connectivity index (χ3v) is 3.23. The summed E-state index contributed by atoms with van der Waals surface area (Å²) in [5.41, 5.74) is 2.81. The molecule has 15 heavy (non-hydrogen) atoms. The van der Waals surface area contributed by atoms with Crippen LogP contribution in [-0.4, -0.2) is 0 Å². The zero-order chi connectivity index (χ0) is 11.3. The molecule has 0 bridgehead atoms. The summed E-state index contributed by atoms with van der Waals surface area (Å²) in [6.07, 6.45) is 2.30. The van der Waals surface area contributed by atoms with E-state index in [2.05, 4.69) is 57.7 Å². The lowest BCUT2D eigenvalue weighted by molar-refractivity contribution is 0.535. The Morgan fingerprint density at radius 2 is 1.80 bits per heavy atom. The molecule has 0 heteroatoms. The normalized spacial score (nSPS) is 14.6. The average molecular weight is 202 g/mol. The number of hydrogen-bond acceptors (Lipinski definition) is 0. The van der Waals surface area contributed by atoms with E-state index < -0.39 is 0 Å². The van der Waals surface area contributed by atoms with Gasteiger partial charge in [0.25, 0.3) is 0 Å². The molecule has 1 aromatic rings. The van der Waals surface area contributed by atoms with Crippen molar-refractivity contribution in [1.29, 1.82) is 0 Å². The van der Waals surface area contributed by atoms with E-state index in [1.165, 1.54) is 17.6 Å². The van der Waals surface area contributed by atoms with Crippen LogP contribution in [0.2, 0.25) is 0 Å². The molecule has 0 fully saturated rings. The summed E-state index contributed by atoms with van der Waals surface area (Å²) in [5.74, 6) is 1.26. The number of hydrogen-bond donors (Lipinski definition) is 0. The van der Waals surface area contributed by atoms with Crippen molar-refractivity contribution in [3.63, 3.8) is 0 Å². The van der Waals surface area contributed by atoms with Crippen LogP contribution < -0.4 is 0 Å². The van der Waals surface area contributed by atoms with E-state index in [1.54, 1.807) is 0 Å². The van der Waals surface area contributed by atoms with Gasteiger partial charge in [-0.15, -0.1) is 0 Å². The van der Waals surface area contributed by atoms with Gasteiger partial charge in [0.1, 0.15) is 0 Å². The molecular formula is C15H22. The van der Waals surface area contributed by atoms with Gasteiger partial charge in [0.05, 0.1) is 0 Å². The van der Waals surface area contributed by atoms with Crippen LogP contribution in [0.4, 0.5) is 0 Å². The van der Waals surface area contributed by atoms with E-state index in [0.29, 0.717) is 11.8 Å². The lowest BCUT2D eigenvalue weighted by Gasteiger charge is -2.18. The maximum atomic E-state index is 4.12. The van der Waals surface area contributed by atoms with E-state index in [1.807, 2.05) is 0 Å². The Morgan fingerprint density at radius 1 is 1.20 bits per heavy atom. The molecule has 2 unspecified atom stereocenters. The third-order valence-electron chi connectivity index (χ3n) is 3.23. The van der Waals surface area contributed by atoms with E-state index in [0.717, 1.165) is 6.42 Å². The summed E-state index contributed by atoms with van der Waals surface area (Å²) in [4.78, 5) is 0. The fraction of sp³-hybridized carbons (Fsp3) is 0.467. The predicted octanol–water partition coefficient (Wildman–Crippen LogP) is 4.78. The molecular weight excluding hydrogens is 180 g/mol. The Hall–Kier alpha value is -1.04. The molecule has 82 valence electrons. The standard InChI is InChI=1S/C15H22/c1-5-12(2)13(3)11-14(4)15-9-7-6-8-10-15/h6-10,13-14H,2,5,11H2,1,3-4H3. The zero-order valence-electron chi connectivity index (χ0n) is 10.2. The summed E-state index contributed by atoms with van der Waals surface area (Å²) in [6.45, 7) is 10.9. The van der Waals surface area contributed by atoms with Gasteiger partial charge in [0, 0.05) is 0 Å². The van der Waals surface area contributed by atoms with Gasteiger partial charge in [-0.25, -0.2) is 0 Å². The highest BCUT2D eigenvalue weighted by Crippen LogP contribution is 2.27. The summed E-state index contributed by atoms with van der Waals surface area (Å²) in [6, 6.07) is 10.7. The minimum absolute atomic E-state index is 0.629. The Balaban J connectivity index is 2.56. The second-order valence-electron chi connectivity index (χ2n) is 4.46.